The molecule has 1 aromatic carbocycles. The molecule has 7 heteroatoms. The van der Waals surface area contributed by atoms with Crippen LogP contribution in [0.2, 0.25) is 0 Å². The van der Waals surface area contributed by atoms with Crippen LogP contribution in [-0.4, -0.2) is 60.2 Å². The maximum absolute atomic E-state index is 14.0. The van der Waals surface area contributed by atoms with Gasteiger partial charge in [-0.1, -0.05) is 23.4 Å². The second kappa shape index (κ2) is 7.68. The minimum absolute atomic E-state index is 0.113. The predicted octanol–water partition coefficient (Wildman–Crippen LogP) is 2.37. The fourth-order valence-corrected chi connectivity index (χ4v) is 3.78. The van der Waals surface area contributed by atoms with E-state index >= 15 is 0 Å². The molecule has 144 valence electrons. The van der Waals surface area contributed by atoms with Crippen LogP contribution in [0.1, 0.15) is 29.4 Å². The van der Waals surface area contributed by atoms with Crippen LogP contribution in [0, 0.1) is 12.7 Å². The molecule has 2 aromatic rings. The number of aryl methyl sites for hydroxylation is 1. The summed E-state index contributed by atoms with van der Waals surface area (Å²) >= 11 is 0. The number of guanidine groups is 1. The van der Waals surface area contributed by atoms with E-state index in [9.17, 15) is 4.39 Å². The van der Waals surface area contributed by atoms with Gasteiger partial charge < -0.3 is 14.7 Å². The van der Waals surface area contributed by atoms with Crippen LogP contribution in [0.15, 0.2) is 39.8 Å². The summed E-state index contributed by atoms with van der Waals surface area (Å²) in [7, 11) is 1.81. The van der Waals surface area contributed by atoms with Gasteiger partial charge in [0.1, 0.15) is 11.6 Å². The molecule has 2 heterocycles. The third-order valence-corrected chi connectivity index (χ3v) is 5.36. The van der Waals surface area contributed by atoms with E-state index in [0.29, 0.717) is 0 Å². The Bertz CT molecular complexity index is 812. The average Bonchev–Trinajstić information content (AvgIpc) is 3.32. The van der Waals surface area contributed by atoms with Crippen LogP contribution >= 0.6 is 0 Å². The molecule has 1 saturated heterocycles. The highest BCUT2D eigenvalue weighted by atomic mass is 19.1. The first-order valence-corrected chi connectivity index (χ1v) is 9.51. The second-order valence-corrected chi connectivity index (χ2v) is 7.35. The molecule has 2 aliphatic rings. The number of hydrogen-bond acceptors (Lipinski definition) is 4. The quantitative estimate of drug-likeness (QED) is 0.661. The minimum Gasteiger partial charge on any atom is -0.361 e. The molecule has 1 N–H and O–H groups in total. The van der Waals surface area contributed by atoms with Crippen molar-refractivity contribution in [1.29, 1.82) is 0 Å². The highest BCUT2D eigenvalue weighted by molar-refractivity contribution is 5.81. The van der Waals surface area contributed by atoms with E-state index in [1.165, 1.54) is 6.07 Å². The van der Waals surface area contributed by atoms with E-state index in [1.807, 2.05) is 32.2 Å². The molecule has 0 spiro atoms. The number of nitrogens with zero attached hydrogens (tertiary/aromatic N) is 4. The SMILES string of the molecule is CN=C(NC1CC1c1ccccc1F)N1CCN(Cc2cc(C)on2)CC1. The molecule has 0 radical (unpaired) electrons. The lowest BCUT2D eigenvalue weighted by Crippen LogP contribution is -2.52. The Morgan fingerprint density at radius 1 is 1.30 bits per heavy atom. The Kier molecular flexibility index (Phi) is 5.11. The van der Waals surface area contributed by atoms with E-state index in [2.05, 4.69) is 25.3 Å². The summed E-state index contributed by atoms with van der Waals surface area (Å²) in [6.07, 6.45) is 0.950. The van der Waals surface area contributed by atoms with Gasteiger partial charge in [-0.3, -0.25) is 9.89 Å². The van der Waals surface area contributed by atoms with Crippen LogP contribution in [-0.2, 0) is 6.54 Å². The van der Waals surface area contributed by atoms with Gasteiger partial charge in [0, 0.05) is 57.8 Å². The fraction of sp³-hybridized carbons (Fsp3) is 0.500. The summed E-state index contributed by atoms with van der Waals surface area (Å²) in [5, 5.41) is 7.59. The number of hydrogen-bond donors (Lipinski definition) is 1. The van der Waals surface area contributed by atoms with Gasteiger partial charge in [-0.25, -0.2) is 4.39 Å². The molecular weight excluding hydrogens is 345 g/mol. The number of nitrogens with one attached hydrogen (secondary N) is 1. The number of rotatable bonds is 4. The molecule has 4 rings (SSSR count). The summed E-state index contributed by atoms with van der Waals surface area (Å²) < 4.78 is 19.1. The van der Waals surface area contributed by atoms with Crippen molar-refractivity contribution in [1.82, 2.24) is 20.3 Å². The zero-order chi connectivity index (χ0) is 18.8. The van der Waals surface area contributed by atoms with Gasteiger partial charge in [0.2, 0.25) is 0 Å². The topological polar surface area (TPSA) is 56.9 Å². The Labute approximate surface area is 159 Å². The van der Waals surface area contributed by atoms with Crippen molar-refractivity contribution in [2.24, 2.45) is 4.99 Å². The van der Waals surface area contributed by atoms with Gasteiger partial charge >= 0.3 is 0 Å². The standard InChI is InChI=1S/C20H26FN5O/c1-14-11-15(24-27-14)13-25-7-9-26(10-8-25)20(22-2)23-19-12-17(19)16-5-3-4-6-18(16)21/h3-6,11,17,19H,7-10,12-13H2,1-2H3,(H,22,23). The van der Waals surface area contributed by atoms with E-state index in [1.54, 1.807) is 6.07 Å². The van der Waals surface area contributed by atoms with Crippen LogP contribution in [0.25, 0.3) is 0 Å². The van der Waals surface area contributed by atoms with Crippen LogP contribution < -0.4 is 5.32 Å². The molecule has 27 heavy (non-hydrogen) atoms. The lowest BCUT2D eigenvalue weighted by atomic mass is 10.1. The molecule has 6 nitrogen and oxygen atoms in total. The number of aromatic nitrogens is 1. The normalized spacial score (nSPS) is 23.5. The molecule has 2 atom stereocenters. The summed E-state index contributed by atoms with van der Waals surface area (Å²) in [5.74, 6) is 1.89. The van der Waals surface area contributed by atoms with Gasteiger partial charge in [0.15, 0.2) is 5.96 Å². The van der Waals surface area contributed by atoms with Crippen molar-refractivity contribution < 1.29 is 8.91 Å². The predicted molar refractivity (Wildman–Crippen MR) is 102 cm³/mol. The van der Waals surface area contributed by atoms with Crippen LogP contribution in [0.4, 0.5) is 4.39 Å². The Balaban J connectivity index is 1.28. The maximum Gasteiger partial charge on any atom is 0.193 e. The van der Waals surface area contributed by atoms with Crippen LogP contribution in [0.3, 0.4) is 0 Å². The van der Waals surface area contributed by atoms with E-state index in [-0.39, 0.29) is 17.8 Å². The minimum atomic E-state index is -0.113. The van der Waals surface area contributed by atoms with Gasteiger partial charge in [0.05, 0.1) is 5.69 Å². The molecular formula is C20H26FN5O. The zero-order valence-corrected chi connectivity index (χ0v) is 15.9. The van der Waals surface area contributed by atoms with Gasteiger partial charge in [-0.05, 0) is 25.0 Å². The molecule has 1 aliphatic carbocycles. The molecule has 1 aromatic heterocycles. The van der Waals surface area contributed by atoms with E-state index in [0.717, 1.165) is 62.1 Å². The summed E-state index contributed by atoms with van der Waals surface area (Å²) in [4.78, 5) is 9.10. The molecule has 1 aliphatic heterocycles. The van der Waals surface area contributed by atoms with E-state index in [4.69, 9.17) is 4.52 Å². The highest BCUT2D eigenvalue weighted by Gasteiger charge is 2.41. The molecule has 2 unspecified atom stereocenters. The molecule has 1 saturated carbocycles. The highest BCUT2D eigenvalue weighted by Crippen LogP contribution is 2.41. The first-order chi connectivity index (χ1) is 13.1. The third-order valence-electron chi connectivity index (χ3n) is 5.36. The van der Waals surface area contributed by atoms with Crippen molar-refractivity contribution in [2.75, 3.05) is 33.2 Å². The zero-order valence-electron chi connectivity index (χ0n) is 15.9. The van der Waals surface area contributed by atoms with Crippen molar-refractivity contribution in [3.63, 3.8) is 0 Å². The molecule has 2 fully saturated rings. The smallest absolute Gasteiger partial charge is 0.193 e. The Morgan fingerprint density at radius 3 is 2.74 bits per heavy atom. The number of aliphatic imine (C=N–C) groups is 1. The van der Waals surface area contributed by atoms with Crippen LogP contribution in [0.5, 0.6) is 0 Å². The summed E-state index contributed by atoms with van der Waals surface area (Å²) in [5.41, 5.74) is 1.78. The average molecular weight is 371 g/mol. The van der Waals surface area contributed by atoms with E-state index < -0.39 is 0 Å². The number of piperazine rings is 1. The maximum atomic E-state index is 14.0. The molecule has 0 amide bonds. The van der Waals surface area contributed by atoms with Gasteiger partial charge in [0.25, 0.3) is 0 Å². The largest absolute Gasteiger partial charge is 0.361 e. The third kappa shape index (κ3) is 4.13. The Hall–Kier alpha value is -2.41. The van der Waals surface area contributed by atoms with Gasteiger partial charge in [-0.15, -0.1) is 0 Å². The van der Waals surface area contributed by atoms with Crippen molar-refractivity contribution >= 4 is 5.96 Å². The first kappa shape index (κ1) is 18.0. The molecule has 0 bridgehead atoms. The first-order valence-electron chi connectivity index (χ1n) is 9.51. The lowest BCUT2D eigenvalue weighted by Gasteiger charge is -2.36. The summed E-state index contributed by atoms with van der Waals surface area (Å²) in [6.45, 7) is 6.45. The van der Waals surface area contributed by atoms with Gasteiger partial charge in [-0.2, -0.15) is 0 Å². The number of halogens is 1. The van der Waals surface area contributed by atoms with Crippen molar-refractivity contribution in [3.8, 4) is 0 Å². The number of benzene rings is 1. The second-order valence-electron chi connectivity index (χ2n) is 7.35. The van der Waals surface area contributed by atoms with Crippen molar-refractivity contribution in [3.05, 3.63) is 53.2 Å². The fourth-order valence-electron chi connectivity index (χ4n) is 3.78. The lowest BCUT2D eigenvalue weighted by molar-refractivity contribution is 0.169. The monoisotopic (exact) mass is 371 g/mol. The van der Waals surface area contributed by atoms with Crippen molar-refractivity contribution in [2.45, 2.75) is 31.8 Å². The Morgan fingerprint density at radius 2 is 2.07 bits per heavy atom. The summed E-state index contributed by atoms with van der Waals surface area (Å²) in [6, 6.07) is 9.31.